The summed E-state index contributed by atoms with van der Waals surface area (Å²) in [6.07, 6.45) is 2.31. The Hall–Kier alpha value is -2.65. The highest BCUT2D eigenvalue weighted by atomic mass is 16.6. The molecule has 1 aliphatic heterocycles. The van der Waals surface area contributed by atoms with Crippen LogP contribution in [0.5, 0.6) is 5.75 Å². The van der Waals surface area contributed by atoms with Gasteiger partial charge in [0.2, 0.25) is 0 Å². The summed E-state index contributed by atoms with van der Waals surface area (Å²) in [5.74, 6) is -0.0599. The number of hydrogen-bond donors (Lipinski definition) is 3. The minimum atomic E-state index is -1.29. The molecule has 0 amide bonds. The molecule has 1 aromatic rings. The van der Waals surface area contributed by atoms with E-state index in [9.17, 15) is 9.59 Å². The lowest BCUT2D eigenvalue weighted by molar-refractivity contribution is -0.165. The molecule has 0 spiro atoms. The Morgan fingerprint density at radius 1 is 1.14 bits per heavy atom. The smallest absolute Gasteiger partial charge is 0.331 e. The van der Waals surface area contributed by atoms with Gasteiger partial charge in [0, 0.05) is 12.1 Å². The first kappa shape index (κ1) is 28.9. The van der Waals surface area contributed by atoms with Crippen LogP contribution < -0.4 is 21.5 Å². The summed E-state index contributed by atoms with van der Waals surface area (Å²) in [4.78, 5) is 31.3. The van der Waals surface area contributed by atoms with Crippen LogP contribution in [0.2, 0.25) is 0 Å². The quantitative estimate of drug-likeness (QED) is 0.485. The summed E-state index contributed by atoms with van der Waals surface area (Å²) in [5.41, 5.74) is 10.3. The van der Waals surface area contributed by atoms with Crippen molar-refractivity contribution in [2.45, 2.75) is 109 Å². The molecule has 0 bridgehead atoms. The molecule has 1 fully saturated rings. The fourth-order valence-electron chi connectivity index (χ4n) is 4.95. The number of nitrogens with zero attached hydrogens (tertiary/aromatic N) is 1. The van der Waals surface area contributed by atoms with Crippen LogP contribution in [0.15, 0.2) is 23.2 Å². The van der Waals surface area contributed by atoms with Gasteiger partial charge in [0.1, 0.15) is 34.0 Å². The molecule has 9 nitrogen and oxygen atoms in total. The molecule has 1 saturated carbocycles. The van der Waals surface area contributed by atoms with Gasteiger partial charge in [-0.15, -0.1) is 0 Å². The average molecular weight is 517 g/mol. The molecule has 206 valence electrons. The Kier molecular flexibility index (Phi) is 8.01. The minimum Gasteiger partial charge on any atom is -0.481 e. The second kappa shape index (κ2) is 10.3. The van der Waals surface area contributed by atoms with Gasteiger partial charge in [0.15, 0.2) is 6.10 Å². The lowest BCUT2D eigenvalue weighted by Gasteiger charge is -2.46. The van der Waals surface area contributed by atoms with E-state index < -0.39 is 28.2 Å². The molecular formula is C28H44N4O5. The fourth-order valence-corrected chi connectivity index (χ4v) is 4.95. The summed E-state index contributed by atoms with van der Waals surface area (Å²) in [6.45, 7) is 14.9. The number of carbonyl (C=O) groups excluding carboxylic acids is 2. The van der Waals surface area contributed by atoms with E-state index in [4.69, 9.17) is 25.7 Å². The molecule has 1 aliphatic carbocycles. The number of fused-ring (bicyclic) bond motifs is 1. The molecule has 0 aromatic heterocycles. The van der Waals surface area contributed by atoms with E-state index in [0.717, 1.165) is 6.42 Å². The van der Waals surface area contributed by atoms with E-state index >= 15 is 0 Å². The molecule has 5 N–H and O–H groups in total. The third-order valence-electron chi connectivity index (χ3n) is 6.80. The maximum Gasteiger partial charge on any atom is 0.331 e. The van der Waals surface area contributed by atoms with E-state index in [2.05, 4.69) is 10.3 Å². The second-order valence-corrected chi connectivity index (χ2v) is 12.5. The second-order valence-electron chi connectivity index (χ2n) is 12.5. The molecule has 9 heteroatoms. The Labute approximate surface area is 220 Å². The van der Waals surface area contributed by atoms with Crippen LogP contribution in [0, 0.1) is 5.92 Å². The number of aliphatic imine (C=N–C) groups is 1. The maximum absolute atomic E-state index is 13.8. The molecule has 1 aromatic carbocycles. The monoisotopic (exact) mass is 516 g/mol. The lowest BCUT2D eigenvalue weighted by atomic mass is 9.73. The SMILES string of the molecule is CC1Oc2ccc(C(C)(NC3(CN)CCCC(C(=O)OC(C)(C)C)C3)C(=O)OC(C)(C)C)cc2N=C1N. The Balaban J connectivity index is 2.01. The van der Waals surface area contributed by atoms with Crippen molar-refractivity contribution in [3.63, 3.8) is 0 Å². The van der Waals surface area contributed by atoms with Crippen molar-refractivity contribution in [3.8, 4) is 5.75 Å². The summed E-state index contributed by atoms with van der Waals surface area (Å²) in [7, 11) is 0. The zero-order chi connectivity index (χ0) is 27.8. The highest BCUT2D eigenvalue weighted by Gasteiger charge is 2.48. The molecule has 3 rings (SSSR count). The van der Waals surface area contributed by atoms with Crippen molar-refractivity contribution in [3.05, 3.63) is 23.8 Å². The van der Waals surface area contributed by atoms with Gasteiger partial charge in [-0.2, -0.15) is 0 Å². The summed E-state index contributed by atoms with van der Waals surface area (Å²) in [6, 6.07) is 5.42. The summed E-state index contributed by atoms with van der Waals surface area (Å²) >= 11 is 0. The van der Waals surface area contributed by atoms with Gasteiger partial charge in [0.25, 0.3) is 0 Å². The fraction of sp³-hybridized carbons (Fsp3) is 0.679. The van der Waals surface area contributed by atoms with Crippen molar-refractivity contribution < 1.29 is 23.8 Å². The van der Waals surface area contributed by atoms with Crippen molar-refractivity contribution in [2.24, 2.45) is 22.4 Å². The average Bonchev–Trinajstić information content (AvgIpc) is 2.77. The van der Waals surface area contributed by atoms with Gasteiger partial charge >= 0.3 is 11.9 Å². The minimum absolute atomic E-state index is 0.237. The van der Waals surface area contributed by atoms with Crippen LogP contribution in [0.25, 0.3) is 0 Å². The van der Waals surface area contributed by atoms with Gasteiger partial charge in [-0.1, -0.05) is 12.5 Å². The normalized spacial score (nSPS) is 25.7. The standard InChI is InChI=1S/C28H44N4O5/c1-17-22(30)31-20-14-19(11-12-21(20)35-17)27(8,24(34)37-26(5,6)7)32-28(16-29)13-9-10-18(15-28)23(33)36-25(2,3)4/h11-12,14,17-18,32H,9-10,13,15-16,29H2,1-8H3,(H2,30,31). The van der Waals surface area contributed by atoms with Gasteiger partial charge < -0.3 is 25.7 Å². The molecule has 4 unspecified atom stereocenters. The van der Waals surface area contributed by atoms with Gasteiger partial charge in [0.05, 0.1) is 5.92 Å². The Morgan fingerprint density at radius 3 is 2.38 bits per heavy atom. The van der Waals surface area contributed by atoms with E-state index in [1.165, 1.54) is 0 Å². The first-order valence-corrected chi connectivity index (χ1v) is 13.1. The highest BCUT2D eigenvalue weighted by molar-refractivity contribution is 5.90. The van der Waals surface area contributed by atoms with Crippen molar-refractivity contribution in [1.82, 2.24) is 5.32 Å². The molecular weight excluding hydrogens is 472 g/mol. The number of amidine groups is 1. The summed E-state index contributed by atoms with van der Waals surface area (Å²) in [5, 5.41) is 3.58. The molecule has 0 saturated heterocycles. The number of nitrogens with two attached hydrogens (primary N) is 2. The van der Waals surface area contributed by atoms with Crippen molar-refractivity contribution >= 4 is 23.5 Å². The molecule has 1 heterocycles. The molecule has 2 aliphatic rings. The van der Waals surface area contributed by atoms with Crippen LogP contribution in [0.4, 0.5) is 5.69 Å². The number of ether oxygens (including phenoxy) is 3. The third-order valence-corrected chi connectivity index (χ3v) is 6.80. The van der Waals surface area contributed by atoms with Crippen LogP contribution in [-0.4, -0.2) is 47.2 Å². The van der Waals surface area contributed by atoms with Crippen LogP contribution in [-0.2, 0) is 24.6 Å². The zero-order valence-corrected chi connectivity index (χ0v) is 23.6. The number of nitrogens with one attached hydrogen (secondary N) is 1. The first-order chi connectivity index (χ1) is 17.0. The van der Waals surface area contributed by atoms with E-state index in [1.54, 1.807) is 19.1 Å². The molecule has 37 heavy (non-hydrogen) atoms. The largest absolute Gasteiger partial charge is 0.481 e. The predicted octanol–water partition coefficient (Wildman–Crippen LogP) is 3.83. The van der Waals surface area contributed by atoms with Gasteiger partial charge in [-0.05, 0) is 92.3 Å². The third kappa shape index (κ3) is 6.82. The van der Waals surface area contributed by atoms with E-state index in [0.29, 0.717) is 42.1 Å². The van der Waals surface area contributed by atoms with Gasteiger partial charge in [-0.25, -0.2) is 9.79 Å². The topological polar surface area (TPSA) is 138 Å². The number of hydrogen-bond acceptors (Lipinski definition) is 9. The van der Waals surface area contributed by atoms with Crippen molar-refractivity contribution in [2.75, 3.05) is 6.54 Å². The molecule has 0 radical (unpaired) electrons. The maximum atomic E-state index is 13.8. The summed E-state index contributed by atoms with van der Waals surface area (Å²) < 4.78 is 17.4. The first-order valence-electron chi connectivity index (χ1n) is 13.1. The van der Waals surface area contributed by atoms with E-state index in [-0.39, 0.29) is 24.5 Å². The Morgan fingerprint density at radius 2 is 1.78 bits per heavy atom. The Bertz CT molecular complexity index is 1060. The van der Waals surface area contributed by atoms with E-state index in [1.807, 2.05) is 54.5 Å². The number of esters is 2. The number of carbonyl (C=O) groups is 2. The number of benzene rings is 1. The highest BCUT2D eigenvalue weighted by Crippen LogP contribution is 2.40. The van der Waals surface area contributed by atoms with Crippen LogP contribution in [0.3, 0.4) is 0 Å². The van der Waals surface area contributed by atoms with Crippen LogP contribution >= 0.6 is 0 Å². The number of rotatable bonds is 6. The zero-order valence-electron chi connectivity index (χ0n) is 23.6. The van der Waals surface area contributed by atoms with Crippen LogP contribution in [0.1, 0.15) is 86.6 Å². The lowest BCUT2D eigenvalue weighted by Crippen LogP contribution is -2.64. The predicted molar refractivity (Wildman–Crippen MR) is 144 cm³/mol. The molecule has 4 atom stereocenters. The van der Waals surface area contributed by atoms with Crippen molar-refractivity contribution in [1.29, 1.82) is 0 Å². The van der Waals surface area contributed by atoms with Gasteiger partial charge in [-0.3, -0.25) is 10.1 Å².